The third kappa shape index (κ3) is 5.11. The van der Waals surface area contributed by atoms with Crippen molar-refractivity contribution < 1.29 is 23.8 Å². The van der Waals surface area contributed by atoms with Crippen LogP contribution < -0.4 is 14.8 Å². The molecule has 27 heavy (non-hydrogen) atoms. The van der Waals surface area contributed by atoms with Gasteiger partial charge in [-0.15, -0.1) is 0 Å². The Morgan fingerprint density at radius 3 is 2.56 bits per heavy atom. The molecule has 0 radical (unpaired) electrons. The number of hydrogen-bond acceptors (Lipinski definition) is 5. The molecule has 1 unspecified atom stereocenters. The van der Waals surface area contributed by atoms with E-state index in [2.05, 4.69) is 5.32 Å². The van der Waals surface area contributed by atoms with Crippen LogP contribution in [0.2, 0.25) is 0 Å². The lowest BCUT2D eigenvalue weighted by Crippen LogP contribution is -2.21. The number of halogens is 1. The second-order valence-corrected chi connectivity index (χ2v) is 6.03. The monoisotopic (exact) mass is 372 g/mol. The molecular formula is C20H21FN2O4. The molecule has 0 bridgehead atoms. The third-order valence-electron chi connectivity index (χ3n) is 3.61. The predicted molar refractivity (Wildman–Crippen MR) is 98.5 cm³/mol. The van der Waals surface area contributed by atoms with Crippen molar-refractivity contribution >= 4 is 11.7 Å². The van der Waals surface area contributed by atoms with E-state index in [1.54, 1.807) is 24.3 Å². The van der Waals surface area contributed by atoms with Crippen LogP contribution in [0.5, 0.6) is 11.5 Å². The Kier molecular flexibility index (Phi) is 6.61. The lowest BCUT2D eigenvalue weighted by molar-refractivity contribution is -0.138. The second kappa shape index (κ2) is 8.90. The zero-order valence-corrected chi connectivity index (χ0v) is 15.3. The Morgan fingerprint density at radius 2 is 2.00 bits per heavy atom. The molecule has 0 spiro atoms. The molecule has 6 nitrogen and oxygen atoms in total. The number of nitriles is 1. The van der Waals surface area contributed by atoms with Gasteiger partial charge in [-0.25, -0.2) is 9.18 Å². The first-order chi connectivity index (χ1) is 12.8. The number of carbonyl (C=O) groups is 1. The number of ether oxygens (including phenoxy) is 2. The van der Waals surface area contributed by atoms with E-state index in [4.69, 9.17) is 14.7 Å². The number of carboxylic acids is 1. The molecule has 0 saturated heterocycles. The summed E-state index contributed by atoms with van der Waals surface area (Å²) >= 11 is 0. The van der Waals surface area contributed by atoms with Gasteiger partial charge < -0.3 is 19.9 Å². The minimum atomic E-state index is -1.14. The van der Waals surface area contributed by atoms with E-state index in [1.807, 2.05) is 20.8 Å². The van der Waals surface area contributed by atoms with Crippen LogP contribution in [0.3, 0.4) is 0 Å². The van der Waals surface area contributed by atoms with E-state index in [0.29, 0.717) is 23.7 Å². The SMILES string of the molecule is CCOc1cc(C(Nc2ccc(C#N)c(F)c2)C(=O)O)ccc1OC(C)C. The maximum Gasteiger partial charge on any atom is 0.330 e. The van der Waals surface area contributed by atoms with Crippen molar-refractivity contribution in [1.82, 2.24) is 0 Å². The number of nitrogens with zero attached hydrogens (tertiary/aromatic N) is 1. The van der Waals surface area contributed by atoms with E-state index in [-0.39, 0.29) is 17.4 Å². The van der Waals surface area contributed by atoms with Gasteiger partial charge in [0.2, 0.25) is 0 Å². The molecule has 1 atom stereocenters. The van der Waals surface area contributed by atoms with Crippen molar-refractivity contribution in [3.63, 3.8) is 0 Å². The summed E-state index contributed by atoms with van der Waals surface area (Å²) in [4.78, 5) is 11.8. The van der Waals surface area contributed by atoms with Crippen LogP contribution in [0.1, 0.15) is 37.9 Å². The van der Waals surface area contributed by atoms with Gasteiger partial charge in [-0.3, -0.25) is 0 Å². The Morgan fingerprint density at radius 1 is 1.26 bits per heavy atom. The van der Waals surface area contributed by atoms with Gasteiger partial charge in [-0.1, -0.05) is 6.07 Å². The number of benzene rings is 2. The summed E-state index contributed by atoms with van der Waals surface area (Å²) in [6.45, 7) is 5.97. The van der Waals surface area contributed by atoms with Crippen LogP contribution in [-0.4, -0.2) is 23.8 Å². The van der Waals surface area contributed by atoms with Crippen LogP contribution in [0.4, 0.5) is 10.1 Å². The van der Waals surface area contributed by atoms with Crippen molar-refractivity contribution in [2.75, 3.05) is 11.9 Å². The summed E-state index contributed by atoms with van der Waals surface area (Å²) in [7, 11) is 0. The highest BCUT2D eigenvalue weighted by atomic mass is 19.1. The molecule has 0 amide bonds. The minimum absolute atomic E-state index is 0.0647. The number of anilines is 1. The van der Waals surface area contributed by atoms with E-state index in [9.17, 15) is 14.3 Å². The summed E-state index contributed by atoms with van der Waals surface area (Å²) in [6, 6.07) is 9.29. The third-order valence-corrected chi connectivity index (χ3v) is 3.61. The first kappa shape index (κ1) is 20.0. The standard InChI is InChI=1S/C20H21FN2O4/c1-4-26-18-9-13(6-8-17(18)27-12(2)3)19(20(24)25)23-15-7-5-14(11-22)16(21)10-15/h5-10,12,19,23H,4H2,1-3H3,(H,24,25). The molecule has 2 aromatic carbocycles. The highest BCUT2D eigenvalue weighted by molar-refractivity contribution is 5.79. The van der Waals surface area contributed by atoms with E-state index in [1.165, 1.54) is 12.1 Å². The Labute approximate surface area is 157 Å². The van der Waals surface area contributed by atoms with E-state index < -0.39 is 17.8 Å². The molecule has 2 aromatic rings. The van der Waals surface area contributed by atoms with Crippen molar-refractivity contribution in [1.29, 1.82) is 5.26 Å². The average Bonchev–Trinajstić information content (AvgIpc) is 2.61. The number of nitrogens with one attached hydrogen (secondary N) is 1. The van der Waals surface area contributed by atoms with Gasteiger partial charge in [0.1, 0.15) is 11.9 Å². The average molecular weight is 372 g/mol. The van der Waals surface area contributed by atoms with Crippen molar-refractivity contribution in [2.45, 2.75) is 32.9 Å². The van der Waals surface area contributed by atoms with Gasteiger partial charge >= 0.3 is 5.97 Å². The summed E-state index contributed by atoms with van der Waals surface area (Å²) in [5.74, 6) is -0.908. The van der Waals surface area contributed by atoms with Gasteiger partial charge in [0.05, 0.1) is 18.3 Å². The molecule has 2 N–H and O–H groups in total. The van der Waals surface area contributed by atoms with Crippen LogP contribution in [0.15, 0.2) is 36.4 Å². The highest BCUT2D eigenvalue weighted by Gasteiger charge is 2.22. The summed E-state index contributed by atoms with van der Waals surface area (Å²) in [5, 5.41) is 21.2. The zero-order chi connectivity index (χ0) is 20.0. The van der Waals surface area contributed by atoms with Crippen molar-refractivity contribution in [2.24, 2.45) is 0 Å². The lowest BCUT2D eigenvalue weighted by atomic mass is 10.1. The quantitative estimate of drug-likeness (QED) is 0.724. The van der Waals surface area contributed by atoms with Crippen LogP contribution in [0, 0.1) is 17.1 Å². The first-order valence-corrected chi connectivity index (χ1v) is 8.48. The molecule has 0 saturated carbocycles. The van der Waals surface area contributed by atoms with Gasteiger partial charge in [0.25, 0.3) is 0 Å². The van der Waals surface area contributed by atoms with Crippen molar-refractivity contribution in [3.8, 4) is 17.6 Å². The molecule has 142 valence electrons. The predicted octanol–water partition coefficient (Wildman–Crippen LogP) is 4.12. The zero-order valence-electron chi connectivity index (χ0n) is 15.3. The first-order valence-electron chi connectivity index (χ1n) is 8.48. The molecule has 0 aromatic heterocycles. The molecular weight excluding hydrogens is 351 g/mol. The van der Waals surface area contributed by atoms with Gasteiger partial charge in [-0.2, -0.15) is 5.26 Å². The number of rotatable bonds is 8. The molecule has 0 aliphatic heterocycles. The van der Waals surface area contributed by atoms with Crippen LogP contribution >= 0.6 is 0 Å². The Balaban J connectivity index is 2.35. The molecule has 2 rings (SSSR count). The highest BCUT2D eigenvalue weighted by Crippen LogP contribution is 2.33. The summed E-state index contributed by atoms with van der Waals surface area (Å²) < 4.78 is 25.0. The molecule has 0 aliphatic rings. The maximum absolute atomic E-state index is 13.8. The maximum atomic E-state index is 13.8. The van der Waals surface area contributed by atoms with Gasteiger partial charge in [-0.05, 0) is 56.7 Å². The number of hydrogen-bond donors (Lipinski definition) is 2. The number of carboxylic acid groups (broad SMARTS) is 1. The fraction of sp³-hybridized carbons (Fsp3) is 0.300. The largest absolute Gasteiger partial charge is 0.490 e. The van der Waals surface area contributed by atoms with Crippen LogP contribution in [0.25, 0.3) is 0 Å². The van der Waals surface area contributed by atoms with Gasteiger partial charge in [0.15, 0.2) is 17.5 Å². The fourth-order valence-electron chi connectivity index (χ4n) is 2.47. The Hall–Kier alpha value is -3.27. The lowest BCUT2D eigenvalue weighted by Gasteiger charge is -2.20. The van der Waals surface area contributed by atoms with Crippen molar-refractivity contribution in [3.05, 3.63) is 53.3 Å². The van der Waals surface area contributed by atoms with E-state index >= 15 is 0 Å². The molecule has 0 heterocycles. The molecule has 7 heteroatoms. The minimum Gasteiger partial charge on any atom is -0.490 e. The number of aliphatic carboxylic acids is 1. The summed E-state index contributed by atoms with van der Waals surface area (Å²) in [5.41, 5.74) is 0.562. The van der Waals surface area contributed by atoms with E-state index in [0.717, 1.165) is 6.07 Å². The molecule has 0 fully saturated rings. The normalized spacial score (nSPS) is 11.6. The topological polar surface area (TPSA) is 91.6 Å². The second-order valence-electron chi connectivity index (χ2n) is 6.03. The molecule has 0 aliphatic carbocycles. The van der Waals surface area contributed by atoms with Crippen LogP contribution in [-0.2, 0) is 4.79 Å². The Bertz CT molecular complexity index is 862. The fourth-order valence-corrected chi connectivity index (χ4v) is 2.47. The summed E-state index contributed by atoms with van der Waals surface area (Å²) in [6.07, 6.45) is -0.0647. The van der Waals surface area contributed by atoms with Gasteiger partial charge in [0, 0.05) is 5.69 Å². The smallest absolute Gasteiger partial charge is 0.330 e.